The van der Waals surface area contributed by atoms with Gasteiger partial charge in [-0.15, -0.1) is 0 Å². The molecule has 2 aromatic carbocycles. The third-order valence-electron chi connectivity index (χ3n) is 6.17. The zero-order valence-corrected chi connectivity index (χ0v) is 22.4. The lowest BCUT2D eigenvalue weighted by molar-refractivity contribution is -0.209. The zero-order chi connectivity index (χ0) is 29.1. The maximum absolute atomic E-state index is 13.2. The Morgan fingerprint density at radius 3 is 2.08 bits per heavy atom. The monoisotopic (exact) mass is 566 g/mol. The number of benzene rings is 2. The molecular weight excluding hydrogens is 533 g/mol. The van der Waals surface area contributed by atoms with Crippen molar-refractivity contribution in [1.29, 1.82) is 0 Å². The van der Waals surface area contributed by atoms with Crippen molar-refractivity contribution in [3.63, 3.8) is 0 Å². The summed E-state index contributed by atoms with van der Waals surface area (Å²) < 4.78 is 65.6. The predicted molar refractivity (Wildman–Crippen MR) is 137 cm³/mol. The number of hydrogen-bond donors (Lipinski definition) is 0. The first-order chi connectivity index (χ1) is 19.1. The van der Waals surface area contributed by atoms with Crippen molar-refractivity contribution in [3.8, 4) is 5.75 Å². The molecule has 3 rings (SSSR count). The molecule has 1 saturated heterocycles. The number of rotatable bonds is 12. The summed E-state index contributed by atoms with van der Waals surface area (Å²) in [5.74, 6) is -2.66. The fourth-order valence-corrected chi connectivity index (χ4v) is 3.98. The second-order valence-corrected chi connectivity index (χ2v) is 9.34. The number of esters is 3. The lowest BCUT2D eigenvalue weighted by Gasteiger charge is -2.29. The molecule has 0 bridgehead atoms. The first-order valence-electron chi connectivity index (χ1n) is 13.2. The molecular formula is C29H33F3O8. The molecule has 0 amide bonds. The van der Waals surface area contributed by atoms with Gasteiger partial charge in [-0.25, -0.2) is 9.59 Å². The topological polar surface area (TPSA) is 97.4 Å². The van der Waals surface area contributed by atoms with Gasteiger partial charge in [0.1, 0.15) is 5.75 Å². The lowest BCUT2D eigenvalue weighted by Crippen LogP contribution is -2.36. The van der Waals surface area contributed by atoms with E-state index in [-0.39, 0.29) is 23.5 Å². The van der Waals surface area contributed by atoms with Crippen LogP contribution in [0.1, 0.15) is 78.5 Å². The van der Waals surface area contributed by atoms with E-state index in [1.165, 1.54) is 25.5 Å². The van der Waals surface area contributed by atoms with Crippen molar-refractivity contribution in [2.75, 3.05) is 19.8 Å². The molecule has 0 spiro atoms. The van der Waals surface area contributed by atoms with E-state index in [0.29, 0.717) is 19.1 Å². The van der Waals surface area contributed by atoms with Gasteiger partial charge in [0.2, 0.25) is 6.10 Å². The van der Waals surface area contributed by atoms with Crippen molar-refractivity contribution in [2.45, 2.75) is 64.5 Å². The Labute approximate surface area is 230 Å². The lowest BCUT2D eigenvalue weighted by atomic mass is 10.0. The average molecular weight is 567 g/mol. The zero-order valence-electron chi connectivity index (χ0n) is 22.4. The molecule has 8 nitrogen and oxygen atoms in total. The Morgan fingerprint density at radius 1 is 0.900 bits per heavy atom. The number of carbonyl (C=O) groups is 3. The summed E-state index contributed by atoms with van der Waals surface area (Å²) in [6, 6.07) is 11.4. The van der Waals surface area contributed by atoms with E-state index in [1.807, 2.05) is 0 Å². The van der Waals surface area contributed by atoms with Crippen LogP contribution >= 0.6 is 0 Å². The Hall–Kier alpha value is -3.44. The number of unbranched alkanes of at least 4 members (excludes halogenated alkanes) is 2. The number of ether oxygens (including phenoxy) is 5. The van der Waals surface area contributed by atoms with Crippen LogP contribution in [0.4, 0.5) is 13.2 Å². The molecule has 0 N–H and O–H groups in total. The highest BCUT2D eigenvalue weighted by Gasteiger charge is 2.44. The van der Waals surface area contributed by atoms with Crippen LogP contribution in [0, 0.1) is 5.92 Å². The van der Waals surface area contributed by atoms with Gasteiger partial charge in [-0.3, -0.25) is 4.79 Å². The molecule has 0 aliphatic carbocycles. The predicted octanol–water partition coefficient (Wildman–Crippen LogP) is 6.19. The Morgan fingerprint density at radius 2 is 1.50 bits per heavy atom. The van der Waals surface area contributed by atoms with Crippen LogP contribution in [0.2, 0.25) is 0 Å². The molecule has 0 radical (unpaired) electrons. The summed E-state index contributed by atoms with van der Waals surface area (Å²) in [7, 11) is 0. The van der Waals surface area contributed by atoms with Gasteiger partial charge >= 0.3 is 24.1 Å². The number of alkyl halides is 3. The molecule has 11 heteroatoms. The molecule has 1 heterocycles. The molecule has 1 aliphatic rings. The summed E-state index contributed by atoms with van der Waals surface area (Å²) in [5.41, 5.74) is 0.807. The van der Waals surface area contributed by atoms with Crippen molar-refractivity contribution in [2.24, 2.45) is 5.92 Å². The van der Waals surface area contributed by atoms with E-state index >= 15 is 0 Å². The minimum Gasteiger partial charge on any atom is -0.466 e. The SMILES string of the molecule is CCCCC[C@H]1CO[C@H](c2ccc(C(=O)Oc3ccc(C(=O)O[C@H](CC(=O)OCC)C(F)(F)F)cc3)cc2)OC1. The van der Waals surface area contributed by atoms with Gasteiger partial charge in [0, 0.05) is 11.5 Å². The van der Waals surface area contributed by atoms with Crippen molar-refractivity contribution in [1.82, 2.24) is 0 Å². The van der Waals surface area contributed by atoms with Crippen LogP contribution in [0.5, 0.6) is 5.75 Å². The largest absolute Gasteiger partial charge is 0.466 e. The van der Waals surface area contributed by atoms with Crippen LogP contribution in [0.15, 0.2) is 48.5 Å². The van der Waals surface area contributed by atoms with Gasteiger partial charge in [-0.1, -0.05) is 38.3 Å². The van der Waals surface area contributed by atoms with E-state index < -0.39 is 42.9 Å². The van der Waals surface area contributed by atoms with E-state index in [0.717, 1.165) is 37.0 Å². The maximum Gasteiger partial charge on any atom is 0.426 e. The van der Waals surface area contributed by atoms with Crippen molar-refractivity contribution in [3.05, 3.63) is 65.2 Å². The molecule has 0 unspecified atom stereocenters. The van der Waals surface area contributed by atoms with E-state index in [2.05, 4.69) is 16.4 Å². The van der Waals surface area contributed by atoms with Gasteiger partial charge in [-0.2, -0.15) is 13.2 Å². The number of hydrogen-bond acceptors (Lipinski definition) is 8. The fraction of sp³-hybridized carbons (Fsp3) is 0.483. The molecule has 40 heavy (non-hydrogen) atoms. The third kappa shape index (κ3) is 9.34. The average Bonchev–Trinajstić information content (AvgIpc) is 2.93. The summed E-state index contributed by atoms with van der Waals surface area (Å²) in [5, 5.41) is 0. The summed E-state index contributed by atoms with van der Waals surface area (Å²) in [4.78, 5) is 36.2. The first-order valence-corrected chi connectivity index (χ1v) is 13.2. The standard InChI is InChI=1S/C29H33F3O8/c1-3-5-6-7-19-17-37-28(38-18-19)22-10-8-20(9-11-22)26(34)39-23-14-12-21(13-15-23)27(35)40-24(29(30,31)32)16-25(33)36-4-2/h8-15,19,24,28H,3-7,16-18H2,1-2H3/t19-,24-,28-/m1/s1. The third-order valence-corrected chi connectivity index (χ3v) is 6.17. The highest BCUT2D eigenvalue weighted by atomic mass is 19.4. The Kier molecular flexibility index (Phi) is 11.5. The second kappa shape index (κ2) is 14.8. The van der Waals surface area contributed by atoms with E-state index in [1.54, 1.807) is 24.3 Å². The highest BCUT2D eigenvalue weighted by molar-refractivity contribution is 5.92. The molecule has 0 aromatic heterocycles. The van der Waals surface area contributed by atoms with Crippen LogP contribution in [-0.2, 0) is 23.7 Å². The smallest absolute Gasteiger partial charge is 0.426 e. The van der Waals surface area contributed by atoms with E-state index in [4.69, 9.17) is 14.2 Å². The van der Waals surface area contributed by atoms with Gasteiger partial charge in [0.25, 0.3) is 0 Å². The maximum atomic E-state index is 13.2. The fourth-order valence-electron chi connectivity index (χ4n) is 3.98. The number of halogens is 3. The van der Waals surface area contributed by atoms with Crippen LogP contribution in [-0.4, -0.2) is 50.0 Å². The Balaban J connectivity index is 1.52. The van der Waals surface area contributed by atoms with Gasteiger partial charge in [0.05, 0.1) is 37.4 Å². The number of carbonyl (C=O) groups excluding carboxylic acids is 3. The minimum absolute atomic E-state index is 0.0672. The second-order valence-electron chi connectivity index (χ2n) is 9.34. The molecule has 0 saturated carbocycles. The minimum atomic E-state index is -4.96. The van der Waals surface area contributed by atoms with Crippen molar-refractivity contribution < 1.29 is 51.2 Å². The van der Waals surface area contributed by atoms with Crippen molar-refractivity contribution >= 4 is 17.9 Å². The van der Waals surface area contributed by atoms with Crippen LogP contribution < -0.4 is 4.74 Å². The van der Waals surface area contributed by atoms with Gasteiger partial charge in [0.15, 0.2) is 6.29 Å². The Bertz CT molecular complexity index is 1110. The highest BCUT2D eigenvalue weighted by Crippen LogP contribution is 2.29. The first kappa shape index (κ1) is 31.1. The normalized spacial score (nSPS) is 18.0. The quantitative estimate of drug-likeness (QED) is 0.171. The van der Waals surface area contributed by atoms with Crippen LogP contribution in [0.25, 0.3) is 0 Å². The molecule has 1 atom stereocenters. The van der Waals surface area contributed by atoms with Gasteiger partial charge in [-0.05, 0) is 49.7 Å². The van der Waals surface area contributed by atoms with Crippen LogP contribution in [0.3, 0.4) is 0 Å². The molecule has 1 aliphatic heterocycles. The van der Waals surface area contributed by atoms with E-state index in [9.17, 15) is 27.6 Å². The van der Waals surface area contributed by atoms with Gasteiger partial charge < -0.3 is 23.7 Å². The molecule has 1 fully saturated rings. The summed E-state index contributed by atoms with van der Waals surface area (Å²) in [6.07, 6.45) is -4.71. The summed E-state index contributed by atoms with van der Waals surface area (Å²) in [6.45, 7) is 4.73. The molecule has 2 aromatic rings. The molecule has 218 valence electrons. The summed E-state index contributed by atoms with van der Waals surface area (Å²) >= 11 is 0.